The first kappa shape index (κ1) is 12.6. The topological polar surface area (TPSA) is 37.6 Å². The first-order valence-corrected chi connectivity index (χ1v) is 6.34. The largest absolute Gasteiger partial charge is 0.468 e. The highest BCUT2D eigenvalue weighted by molar-refractivity contribution is 5.17. The Labute approximate surface area is 103 Å². The van der Waals surface area contributed by atoms with Crippen molar-refractivity contribution in [2.75, 3.05) is 26.3 Å². The zero-order chi connectivity index (χ0) is 12.1. The van der Waals surface area contributed by atoms with E-state index < -0.39 is 0 Å². The Kier molecular flexibility index (Phi) is 4.59. The number of rotatable bonds is 5. The van der Waals surface area contributed by atoms with Crippen molar-refractivity contribution >= 4 is 0 Å². The molecule has 1 fully saturated rings. The molecule has 0 spiro atoms. The predicted molar refractivity (Wildman–Crippen MR) is 66.8 cm³/mol. The van der Waals surface area contributed by atoms with Crippen molar-refractivity contribution in [2.24, 2.45) is 0 Å². The van der Waals surface area contributed by atoms with Gasteiger partial charge in [-0.15, -0.1) is 0 Å². The molecule has 0 unspecified atom stereocenters. The van der Waals surface area contributed by atoms with E-state index >= 15 is 0 Å². The molecule has 96 valence electrons. The molecule has 17 heavy (non-hydrogen) atoms. The Morgan fingerprint density at radius 2 is 2.12 bits per heavy atom. The molecule has 1 saturated heterocycles. The van der Waals surface area contributed by atoms with Gasteiger partial charge in [0.15, 0.2) is 0 Å². The van der Waals surface area contributed by atoms with E-state index in [0.29, 0.717) is 6.04 Å². The van der Waals surface area contributed by atoms with Gasteiger partial charge in [0.05, 0.1) is 26.0 Å². The van der Waals surface area contributed by atoms with E-state index in [1.807, 2.05) is 0 Å². The van der Waals surface area contributed by atoms with Gasteiger partial charge in [0.2, 0.25) is 0 Å². The summed E-state index contributed by atoms with van der Waals surface area (Å²) in [4.78, 5) is 2.38. The molecule has 2 rings (SSSR count). The standard InChI is InChI=1S/C13H22N2O2/c1-11(2)14-9-12-3-6-17-13(12)10-15-4-7-16-8-5-15/h3,6,11,14H,4-5,7-10H2,1-2H3. The number of morpholine rings is 1. The first-order valence-electron chi connectivity index (χ1n) is 6.34. The zero-order valence-corrected chi connectivity index (χ0v) is 10.7. The quantitative estimate of drug-likeness (QED) is 0.845. The lowest BCUT2D eigenvalue weighted by Gasteiger charge is -2.26. The van der Waals surface area contributed by atoms with Crippen LogP contribution in [0.5, 0.6) is 0 Å². The Bertz CT molecular complexity index is 330. The summed E-state index contributed by atoms with van der Waals surface area (Å²) >= 11 is 0. The van der Waals surface area contributed by atoms with Crippen LogP contribution < -0.4 is 5.32 Å². The highest BCUT2D eigenvalue weighted by atomic mass is 16.5. The molecular formula is C13H22N2O2. The maximum atomic E-state index is 5.58. The average Bonchev–Trinajstić information content (AvgIpc) is 2.75. The fourth-order valence-corrected chi connectivity index (χ4v) is 1.94. The molecule has 1 aliphatic rings. The first-order chi connectivity index (χ1) is 8.25. The van der Waals surface area contributed by atoms with E-state index in [0.717, 1.165) is 45.2 Å². The number of nitrogens with zero attached hydrogens (tertiary/aromatic N) is 1. The second-order valence-corrected chi connectivity index (χ2v) is 4.79. The van der Waals surface area contributed by atoms with Gasteiger partial charge in [-0.3, -0.25) is 4.90 Å². The lowest BCUT2D eigenvalue weighted by Crippen LogP contribution is -2.35. The van der Waals surface area contributed by atoms with E-state index in [1.165, 1.54) is 5.56 Å². The summed E-state index contributed by atoms with van der Waals surface area (Å²) in [6.45, 7) is 9.75. The van der Waals surface area contributed by atoms with Gasteiger partial charge in [-0.05, 0) is 6.07 Å². The molecule has 0 aromatic carbocycles. The van der Waals surface area contributed by atoms with Crippen LogP contribution in [-0.4, -0.2) is 37.2 Å². The summed E-state index contributed by atoms with van der Waals surface area (Å²) < 4.78 is 10.9. The van der Waals surface area contributed by atoms with E-state index in [2.05, 4.69) is 30.1 Å². The number of hydrogen-bond donors (Lipinski definition) is 1. The third kappa shape index (κ3) is 3.84. The van der Waals surface area contributed by atoms with Gasteiger partial charge < -0.3 is 14.5 Å². The predicted octanol–water partition coefficient (Wildman–Crippen LogP) is 1.61. The molecule has 0 amide bonds. The van der Waals surface area contributed by atoms with Crippen LogP contribution >= 0.6 is 0 Å². The number of hydrogen-bond acceptors (Lipinski definition) is 4. The maximum absolute atomic E-state index is 5.58. The third-order valence-corrected chi connectivity index (χ3v) is 3.01. The molecule has 4 nitrogen and oxygen atoms in total. The van der Waals surface area contributed by atoms with Crippen LogP contribution in [0.25, 0.3) is 0 Å². The second-order valence-electron chi connectivity index (χ2n) is 4.79. The molecule has 0 atom stereocenters. The Morgan fingerprint density at radius 1 is 1.35 bits per heavy atom. The number of nitrogens with one attached hydrogen (secondary N) is 1. The molecule has 0 bridgehead atoms. The van der Waals surface area contributed by atoms with Crippen molar-refractivity contribution in [1.29, 1.82) is 0 Å². The molecule has 1 N–H and O–H groups in total. The molecule has 2 heterocycles. The molecule has 0 radical (unpaired) electrons. The Morgan fingerprint density at radius 3 is 2.82 bits per heavy atom. The second kappa shape index (κ2) is 6.19. The summed E-state index contributed by atoms with van der Waals surface area (Å²) in [5.74, 6) is 1.08. The van der Waals surface area contributed by atoms with Crippen molar-refractivity contribution in [3.05, 3.63) is 23.7 Å². The fraction of sp³-hybridized carbons (Fsp3) is 0.692. The fourth-order valence-electron chi connectivity index (χ4n) is 1.94. The van der Waals surface area contributed by atoms with Gasteiger partial charge >= 0.3 is 0 Å². The lowest BCUT2D eigenvalue weighted by atomic mass is 10.2. The summed E-state index contributed by atoms with van der Waals surface area (Å²) in [6.07, 6.45) is 1.78. The number of furan rings is 1. The molecule has 0 saturated carbocycles. The van der Waals surface area contributed by atoms with Gasteiger partial charge in [-0.2, -0.15) is 0 Å². The van der Waals surface area contributed by atoms with Crippen LogP contribution in [0.15, 0.2) is 16.7 Å². The van der Waals surface area contributed by atoms with Gasteiger partial charge in [-0.25, -0.2) is 0 Å². The molecular weight excluding hydrogens is 216 g/mol. The zero-order valence-electron chi connectivity index (χ0n) is 10.7. The Hall–Kier alpha value is -0.840. The van der Waals surface area contributed by atoms with Crippen LogP contribution in [0.2, 0.25) is 0 Å². The van der Waals surface area contributed by atoms with Crippen LogP contribution in [0.3, 0.4) is 0 Å². The van der Waals surface area contributed by atoms with Crippen molar-refractivity contribution in [1.82, 2.24) is 10.2 Å². The SMILES string of the molecule is CC(C)NCc1ccoc1CN1CCOCC1. The van der Waals surface area contributed by atoms with Crippen LogP contribution in [0.4, 0.5) is 0 Å². The van der Waals surface area contributed by atoms with Gasteiger partial charge in [-0.1, -0.05) is 13.8 Å². The minimum absolute atomic E-state index is 0.501. The monoisotopic (exact) mass is 238 g/mol. The summed E-state index contributed by atoms with van der Waals surface area (Å²) in [5.41, 5.74) is 1.27. The van der Waals surface area contributed by atoms with Crippen LogP contribution in [0.1, 0.15) is 25.2 Å². The summed E-state index contributed by atoms with van der Waals surface area (Å²) in [5, 5.41) is 3.42. The van der Waals surface area contributed by atoms with Gasteiger partial charge in [0.1, 0.15) is 5.76 Å². The normalized spacial score (nSPS) is 17.8. The Balaban J connectivity index is 1.88. The smallest absolute Gasteiger partial charge is 0.122 e. The average molecular weight is 238 g/mol. The van der Waals surface area contributed by atoms with E-state index in [9.17, 15) is 0 Å². The lowest BCUT2D eigenvalue weighted by molar-refractivity contribution is 0.0311. The maximum Gasteiger partial charge on any atom is 0.122 e. The molecule has 1 aliphatic heterocycles. The van der Waals surface area contributed by atoms with Gasteiger partial charge in [0, 0.05) is 31.2 Å². The molecule has 1 aromatic heterocycles. The van der Waals surface area contributed by atoms with Crippen molar-refractivity contribution < 1.29 is 9.15 Å². The van der Waals surface area contributed by atoms with Crippen molar-refractivity contribution in [3.63, 3.8) is 0 Å². The van der Waals surface area contributed by atoms with E-state index in [-0.39, 0.29) is 0 Å². The minimum atomic E-state index is 0.501. The van der Waals surface area contributed by atoms with Crippen molar-refractivity contribution in [3.8, 4) is 0 Å². The molecule has 0 aliphatic carbocycles. The molecule has 1 aromatic rings. The summed E-state index contributed by atoms with van der Waals surface area (Å²) in [7, 11) is 0. The van der Waals surface area contributed by atoms with Gasteiger partial charge in [0.25, 0.3) is 0 Å². The number of ether oxygens (including phenoxy) is 1. The highest BCUT2D eigenvalue weighted by Crippen LogP contribution is 2.14. The van der Waals surface area contributed by atoms with Crippen molar-refractivity contribution in [2.45, 2.75) is 33.0 Å². The minimum Gasteiger partial charge on any atom is -0.468 e. The summed E-state index contributed by atoms with van der Waals surface area (Å²) in [6, 6.07) is 2.56. The van der Waals surface area contributed by atoms with Crippen LogP contribution in [0, 0.1) is 0 Å². The third-order valence-electron chi connectivity index (χ3n) is 3.01. The van der Waals surface area contributed by atoms with Crippen LogP contribution in [-0.2, 0) is 17.8 Å². The molecule has 4 heteroatoms. The van der Waals surface area contributed by atoms with E-state index in [4.69, 9.17) is 9.15 Å². The van der Waals surface area contributed by atoms with E-state index in [1.54, 1.807) is 6.26 Å². The highest BCUT2D eigenvalue weighted by Gasteiger charge is 2.14.